The molecule has 5 heteroatoms. The van der Waals surface area contributed by atoms with Crippen molar-refractivity contribution in [2.75, 3.05) is 5.32 Å². The van der Waals surface area contributed by atoms with E-state index in [1.165, 1.54) is 24.3 Å². The van der Waals surface area contributed by atoms with Crippen molar-refractivity contribution in [1.29, 1.82) is 0 Å². The number of halogens is 3. The van der Waals surface area contributed by atoms with Gasteiger partial charge in [-0.1, -0.05) is 54.6 Å². The summed E-state index contributed by atoms with van der Waals surface area (Å²) in [6.45, 7) is 0. The molecule has 0 atom stereocenters. The second-order valence-corrected chi connectivity index (χ2v) is 5.89. The highest BCUT2D eigenvalue weighted by molar-refractivity contribution is 6.02. The largest absolute Gasteiger partial charge is 0.416 e. The van der Waals surface area contributed by atoms with Crippen LogP contribution in [0, 0.1) is 0 Å². The summed E-state index contributed by atoms with van der Waals surface area (Å²) in [7, 11) is 0. The van der Waals surface area contributed by atoms with Crippen molar-refractivity contribution >= 4 is 17.7 Å². The zero-order valence-electron chi connectivity index (χ0n) is 14.2. The van der Waals surface area contributed by atoms with E-state index in [-0.39, 0.29) is 0 Å². The number of carbonyl (C=O) groups is 1. The lowest BCUT2D eigenvalue weighted by atomic mass is 10.1. The van der Waals surface area contributed by atoms with Gasteiger partial charge in [0.2, 0.25) is 5.91 Å². The Hall–Kier alpha value is -3.34. The summed E-state index contributed by atoms with van der Waals surface area (Å²) in [6.07, 6.45) is -1.85. The first-order valence-corrected chi connectivity index (χ1v) is 8.24. The van der Waals surface area contributed by atoms with E-state index in [0.717, 1.165) is 23.3 Å². The van der Waals surface area contributed by atoms with Crippen LogP contribution >= 0.6 is 0 Å². The molecule has 0 aliphatic heterocycles. The molecule has 3 aromatic rings. The number of alkyl halides is 3. The summed E-state index contributed by atoms with van der Waals surface area (Å²) in [5.74, 6) is -0.417. The maximum Gasteiger partial charge on any atom is 0.416 e. The lowest BCUT2D eigenvalue weighted by Gasteiger charge is -2.07. The van der Waals surface area contributed by atoms with Gasteiger partial charge in [-0.2, -0.15) is 13.2 Å². The molecule has 2 nitrogen and oxygen atoms in total. The normalized spacial score (nSPS) is 11.5. The zero-order chi connectivity index (χ0) is 19.3. The lowest BCUT2D eigenvalue weighted by Crippen LogP contribution is -2.07. The molecule has 136 valence electrons. The Morgan fingerprint density at radius 1 is 0.815 bits per heavy atom. The van der Waals surface area contributed by atoms with E-state index in [2.05, 4.69) is 5.32 Å². The molecule has 27 heavy (non-hydrogen) atoms. The molecule has 0 aliphatic carbocycles. The quantitative estimate of drug-likeness (QED) is 0.561. The molecule has 0 saturated heterocycles. The first-order valence-electron chi connectivity index (χ1n) is 8.24. The number of anilines is 1. The maximum atomic E-state index is 12.7. The number of hydrogen-bond acceptors (Lipinski definition) is 1. The number of hydrogen-bond donors (Lipinski definition) is 1. The SMILES string of the molecule is O=C(/C=C/c1cccc(C(F)(F)F)c1)Nc1ccc(-c2ccccc2)cc1. The lowest BCUT2D eigenvalue weighted by molar-refractivity contribution is -0.137. The smallest absolute Gasteiger partial charge is 0.323 e. The van der Waals surface area contributed by atoms with E-state index in [1.54, 1.807) is 12.1 Å². The van der Waals surface area contributed by atoms with Crippen LogP contribution in [0.25, 0.3) is 17.2 Å². The minimum Gasteiger partial charge on any atom is -0.323 e. The molecule has 0 spiro atoms. The van der Waals surface area contributed by atoms with Crippen LogP contribution in [0.4, 0.5) is 18.9 Å². The Morgan fingerprint density at radius 2 is 1.48 bits per heavy atom. The first-order chi connectivity index (χ1) is 12.9. The van der Waals surface area contributed by atoms with Gasteiger partial charge >= 0.3 is 6.18 Å². The summed E-state index contributed by atoms with van der Waals surface area (Å²) in [4.78, 5) is 12.0. The highest BCUT2D eigenvalue weighted by atomic mass is 19.4. The Bertz CT molecular complexity index is 945. The van der Waals surface area contributed by atoms with Gasteiger partial charge in [-0.05, 0) is 47.0 Å². The number of rotatable bonds is 4. The fourth-order valence-corrected chi connectivity index (χ4v) is 2.55. The molecule has 0 fully saturated rings. The average Bonchev–Trinajstić information content (AvgIpc) is 2.67. The third-order valence-electron chi connectivity index (χ3n) is 3.90. The highest BCUT2D eigenvalue weighted by Crippen LogP contribution is 2.29. The van der Waals surface area contributed by atoms with Crippen LogP contribution in [0.1, 0.15) is 11.1 Å². The standard InChI is InChI=1S/C22H16F3NO/c23-22(24,25)19-8-4-5-16(15-19)9-14-21(27)26-20-12-10-18(11-13-20)17-6-2-1-3-7-17/h1-15H,(H,26,27)/b14-9+. The van der Waals surface area contributed by atoms with Crippen molar-refractivity contribution in [1.82, 2.24) is 0 Å². The Morgan fingerprint density at radius 3 is 2.15 bits per heavy atom. The van der Waals surface area contributed by atoms with Crippen molar-refractivity contribution < 1.29 is 18.0 Å². The Labute approximate surface area is 155 Å². The molecule has 0 unspecified atom stereocenters. The van der Waals surface area contributed by atoms with E-state index >= 15 is 0 Å². The molecular formula is C22H16F3NO. The van der Waals surface area contributed by atoms with Crippen LogP contribution in [-0.2, 0) is 11.0 Å². The monoisotopic (exact) mass is 367 g/mol. The highest BCUT2D eigenvalue weighted by Gasteiger charge is 2.30. The van der Waals surface area contributed by atoms with Crippen molar-refractivity contribution in [2.24, 2.45) is 0 Å². The average molecular weight is 367 g/mol. The van der Waals surface area contributed by atoms with Gasteiger partial charge in [-0.25, -0.2) is 0 Å². The predicted octanol–water partition coefficient (Wildman–Crippen LogP) is 6.02. The maximum absolute atomic E-state index is 12.7. The summed E-state index contributed by atoms with van der Waals surface area (Å²) in [5.41, 5.74) is 2.25. The number of benzene rings is 3. The van der Waals surface area contributed by atoms with Crippen LogP contribution in [-0.4, -0.2) is 5.91 Å². The van der Waals surface area contributed by atoms with Gasteiger partial charge in [0.25, 0.3) is 0 Å². The van der Waals surface area contributed by atoms with Gasteiger partial charge in [0.1, 0.15) is 0 Å². The van der Waals surface area contributed by atoms with Gasteiger partial charge in [0, 0.05) is 11.8 Å². The molecule has 0 heterocycles. The molecule has 0 bridgehead atoms. The van der Waals surface area contributed by atoms with Crippen molar-refractivity contribution in [3.63, 3.8) is 0 Å². The van der Waals surface area contributed by atoms with E-state index in [9.17, 15) is 18.0 Å². The van der Waals surface area contributed by atoms with Crippen molar-refractivity contribution in [2.45, 2.75) is 6.18 Å². The topological polar surface area (TPSA) is 29.1 Å². The first kappa shape index (κ1) is 18.5. The fourth-order valence-electron chi connectivity index (χ4n) is 2.55. The zero-order valence-corrected chi connectivity index (χ0v) is 14.2. The van der Waals surface area contributed by atoms with Crippen LogP contribution in [0.3, 0.4) is 0 Å². The van der Waals surface area contributed by atoms with Crippen LogP contribution in [0.15, 0.2) is 84.9 Å². The van der Waals surface area contributed by atoms with E-state index in [1.807, 2.05) is 42.5 Å². The summed E-state index contributed by atoms with van der Waals surface area (Å²) < 4.78 is 38.1. The number of amides is 1. The summed E-state index contributed by atoms with van der Waals surface area (Å²) >= 11 is 0. The van der Waals surface area contributed by atoms with Crippen molar-refractivity contribution in [3.8, 4) is 11.1 Å². The summed E-state index contributed by atoms with van der Waals surface area (Å²) in [6, 6.07) is 22.0. The third-order valence-corrected chi connectivity index (χ3v) is 3.90. The van der Waals surface area contributed by atoms with Crippen LogP contribution in [0.5, 0.6) is 0 Å². The number of carbonyl (C=O) groups excluding carboxylic acids is 1. The molecule has 0 saturated carbocycles. The predicted molar refractivity (Wildman–Crippen MR) is 101 cm³/mol. The van der Waals surface area contributed by atoms with E-state index in [4.69, 9.17) is 0 Å². The molecule has 1 N–H and O–H groups in total. The van der Waals surface area contributed by atoms with Gasteiger partial charge in [-0.3, -0.25) is 4.79 Å². The van der Waals surface area contributed by atoms with Gasteiger partial charge in [0.15, 0.2) is 0 Å². The minimum atomic E-state index is -4.41. The van der Waals surface area contributed by atoms with Gasteiger partial charge in [-0.15, -0.1) is 0 Å². The molecular weight excluding hydrogens is 351 g/mol. The van der Waals surface area contributed by atoms with Gasteiger partial charge < -0.3 is 5.32 Å². The van der Waals surface area contributed by atoms with Crippen LogP contribution < -0.4 is 5.32 Å². The second kappa shape index (κ2) is 7.91. The Kier molecular flexibility index (Phi) is 5.41. The molecule has 0 radical (unpaired) electrons. The minimum absolute atomic E-state index is 0.305. The number of nitrogens with one attached hydrogen (secondary N) is 1. The van der Waals surface area contributed by atoms with Crippen LogP contribution in [0.2, 0.25) is 0 Å². The Balaban J connectivity index is 1.65. The molecule has 0 aromatic heterocycles. The molecule has 3 rings (SSSR count). The molecule has 0 aliphatic rings. The molecule has 1 amide bonds. The summed E-state index contributed by atoms with van der Waals surface area (Å²) in [5, 5.41) is 2.69. The van der Waals surface area contributed by atoms with Gasteiger partial charge in [0.05, 0.1) is 5.56 Å². The third kappa shape index (κ3) is 5.07. The fraction of sp³-hybridized carbons (Fsp3) is 0.0455. The molecule has 3 aromatic carbocycles. The van der Waals surface area contributed by atoms with E-state index in [0.29, 0.717) is 11.3 Å². The second-order valence-electron chi connectivity index (χ2n) is 5.89. The van der Waals surface area contributed by atoms with E-state index < -0.39 is 17.6 Å². The van der Waals surface area contributed by atoms with Crippen molar-refractivity contribution in [3.05, 3.63) is 96.1 Å².